The summed E-state index contributed by atoms with van der Waals surface area (Å²) in [5, 5.41) is 12.7. The third-order valence-corrected chi connectivity index (χ3v) is 2.95. The number of amides is 1. The first kappa shape index (κ1) is 17.2. The molecular formula is C16H23NO4. The Kier molecular flexibility index (Phi) is 6.37. The van der Waals surface area contributed by atoms with Gasteiger partial charge in [0.25, 0.3) is 5.91 Å². The standard InChI is InChI=1S/C16H23NO4/c1-10(2)14(18)13(16(20)21-11(3)4)17-15(19)12-8-6-5-7-9-12/h5-11,13-14,18H,1-4H3,(H,17,19). The van der Waals surface area contributed by atoms with Gasteiger partial charge >= 0.3 is 5.97 Å². The number of carbonyl (C=O) groups is 2. The highest BCUT2D eigenvalue weighted by Gasteiger charge is 2.32. The summed E-state index contributed by atoms with van der Waals surface area (Å²) in [7, 11) is 0. The van der Waals surface area contributed by atoms with E-state index in [2.05, 4.69) is 5.32 Å². The zero-order valence-electron chi connectivity index (χ0n) is 12.9. The van der Waals surface area contributed by atoms with Gasteiger partial charge in [-0.1, -0.05) is 32.0 Å². The number of nitrogens with one attached hydrogen (secondary N) is 1. The molecule has 5 heteroatoms. The van der Waals surface area contributed by atoms with Gasteiger partial charge in [-0.05, 0) is 31.9 Å². The summed E-state index contributed by atoms with van der Waals surface area (Å²) in [6, 6.07) is 7.46. The van der Waals surface area contributed by atoms with Gasteiger partial charge in [-0.2, -0.15) is 0 Å². The Hall–Kier alpha value is -1.88. The van der Waals surface area contributed by atoms with Crippen LogP contribution in [-0.4, -0.2) is 35.2 Å². The quantitative estimate of drug-likeness (QED) is 0.784. The van der Waals surface area contributed by atoms with Gasteiger partial charge in [0.2, 0.25) is 0 Å². The zero-order chi connectivity index (χ0) is 16.0. The summed E-state index contributed by atoms with van der Waals surface area (Å²) in [6.45, 7) is 6.98. The number of ether oxygens (including phenoxy) is 1. The molecule has 1 aromatic carbocycles. The summed E-state index contributed by atoms with van der Waals surface area (Å²) >= 11 is 0. The molecule has 0 aliphatic carbocycles. The van der Waals surface area contributed by atoms with Crippen molar-refractivity contribution in [1.82, 2.24) is 5.32 Å². The average molecular weight is 293 g/mol. The Morgan fingerprint density at radius 3 is 2.14 bits per heavy atom. The van der Waals surface area contributed by atoms with Crippen LogP contribution < -0.4 is 5.32 Å². The van der Waals surface area contributed by atoms with E-state index in [1.165, 1.54) is 0 Å². The lowest BCUT2D eigenvalue weighted by molar-refractivity contribution is -0.153. The monoisotopic (exact) mass is 293 g/mol. The lowest BCUT2D eigenvalue weighted by Gasteiger charge is -2.26. The molecule has 116 valence electrons. The van der Waals surface area contributed by atoms with E-state index in [0.29, 0.717) is 5.56 Å². The van der Waals surface area contributed by atoms with Crippen molar-refractivity contribution in [2.45, 2.75) is 45.9 Å². The lowest BCUT2D eigenvalue weighted by Crippen LogP contribution is -2.51. The van der Waals surface area contributed by atoms with Gasteiger partial charge < -0.3 is 15.2 Å². The van der Waals surface area contributed by atoms with Crippen LogP contribution in [0.4, 0.5) is 0 Å². The van der Waals surface area contributed by atoms with Gasteiger partial charge in [0, 0.05) is 5.56 Å². The van der Waals surface area contributed by atoms with Gasteiger partial charge in [-0.3, -0.25) is 4.79 Å². The molecule has 21 heavy (non-hydrogen) atoms. The Morgan fingerprint density at radius 1 is 1.10 bits per heavy atom. The van der Waals surface area contributed by atoms with Crippen LogP contribution >= 0.6 is 0 Å². The molecule has 2 atom stereocenters. The van der Waals surface area contributed by atoms with Crippen molar-refractivity contribution in [1.29, 1.82) is 0 Å². The second kappa shape index (κ2) is 7.78. The predicted molar refractivity (Wildman–Crippen MR) is 79.8 cm³/mol. The highest BCUT2D eigenvalue weighted by molar-refractivity contribution is 5.96. The van der Waals surface area contributed by atoms with Crippen LogP contribution in [0.2, 0.25) is 0 Å². The van der Waals surface area contributed by atoms with Gasteiger partial charge in [-0.25, -0.2) is 4.79 Å². The minimum atomic E-state index is -1.08. The summed E-state index contributed by atoms with van der Waals surface area (Å²) in [5.74, 6) is -1.23. The van der Waals surface area contributed by atoms with Gasteiger partial charge in [0.1, 0.15) is 0 Å². The van der Waals surface area contributed by atoms with Crippen molar-refractivity contribution in [2.75, 3.05) is 0 Å². The molecular weight excluding hydrogens is 270 g/mol. The number of benzene rings is 1. The third kappa shape index (κ3) is 5.19. The highest BCUT2D eigenvalue weighted by atomic mass is 16.5. The Bertz CT molecular complexity index is 470. The van der Waals surface area contributed by atoms with Crippen molar-refractivity contribution in [2.24, 2.45) is 5.92 Å². The first-order valence-electron chi connectivity index (χ1n) is 7.07. The smallest absolute Gasteiger partial charge is 0.331 e. The van der Waals surface area contributed by atoms with Crippen LogP contribution in [0, 0.1) is 5.92 Å². The van der Waals surface area contributed by atoms with E-state index in [-0.39, 0.29) is 12.0 Å². The van der Waals surface area contributed by atoms with E-state index in [9.17, 15) is 14.7 Å². The number of aliphatic hydroxyl groups excluding tert-OH is 1. The largest absolute Gasteiger partial charge is 0.461 e. The predicted octanol–water partition coefficient (Wildman–Crippen LogP) is 1.75. The molecule has 0 fully saturated rings. The molecule has 0 heterocycles. The van der Waals surface area contributed by atoms with E-state index in [4.69, 9.17) is 4.74 Å². The molecule has 0 aliphatic heterocycles. The molecule has 0 radical (unpaired) electrons. The molecule has 0 aliphatic rings. The SMILES string of the molecule is CC(C)OC(=O)C(NC(=O)c1ccccc1)C(O)C(C)C. The van der Waals surface area contributed by atoms with Gasteiger partial charge in [0.15, 0.2) is 6.04 Å². The first-order valence-corrected chi connectivity index (χ1v) is 7.07. The molecule has 2 N–H and O–H groups in total. The summed E-state index contributed by atoms with van der Waals surface area (Å²) < 4.78 is 5.11. The third-order valence-electron chi connectivity index (χ3n) is 2.95. The van der Waals surface area contributed by atoms with E-state index in [1.54, 1.807) is 58.0 Å². The Balaban J connectivity index is 2.87. The van der Waals surface area contributed by atoms with Gasteiger partial charge in [0.05, 0.1) is 12.2 Å². The molecule has 1 amide bonds. The molecule has 1 rings (SSSR count). The molecule has 0 aromatic heterocycles. The van der Waals surface area contributed by atoms with Crippen LogP contribution in [0.25, 0.3) is 0 Å². The van der Waals surface area contributed by atoms with Crippen molar-refractivity contribution in [3.63, 3.8) is 0 Å². The molecule has 1 aromatic rings. The molecule has 0 spiro atoms. The fraction of sp³-hybridized carbons (Fsp3) is 0.500. The summed E-state index contributed by atoms with van der Waals surface area (Å²) in [6.07, 6.45) is -1.32. The number of aliphatic hydroxyl groups is 1. The number of esters is 1. The van der Waals surface area contributed by atoms with Crippen molar-refractivity contribution < 1.29 is 19.4 Å². The van der Waals surface area contributed by atoms with Crippen LogP contribution in [0.1, 0.15) is 38.1 Å². The first-order chi connectivity index (χ1) is 9.82. The summed E-state index contributed by atoms with van der Waals surface area (Å²) in [4.78, 5) is 24.2. The lowest BCUT2D eigenvalue weighted by atomic mass is 9.99. The van der Waals surface area contributed by atoms with Crippen LogP contribution in [0.3, 0.4) is 0 Å². The molecule has 0 saturated carbocycles. The average Bonchev–Trinajstić information content (AvgIpc) is 2.43. The van der Waals surface area contributed by atoms with Crippen LogP contribution in [0.15, 0.2) is 30.3 Å². The topological polar surface area (TPSA) is 75.6 Å². The van der Waals surface area contributed by atoms with Crippen LogP contribution in [0.5, 0.6) is 0 Å². The normalized spacial score (nSPS) is 13.9. The van der Waals surface area contributed by atoms with E-state index in [1.807, 2.05) is 0 Å². The number of carbonyl (C=O) groups excluding carboxylic acids is 2. The zero-order valence-corrected chi connectivity index (χ0v) is 12.9. The van der Waals surface area contributed by atoms with Crippen molar-refractivity contribution in [3.8, 4) is 0 Å². The van der Waals surface area contributed by atoms with Crippen LogP contribution in [-0.2, 0) is 9.53 Å². The Morgan fingerprint density at radius 2 is 1.67 bits per heavy atom. The molecule has 5 nitrogen and oxygen atoms in total. The number of rotatable bonds is 6. The molecule has 0 saturated heterocycles. The maximum atomic E-state index is 12.1. The second-order valence-electron chi connectivity index (χ2n) is 5.54. The minimum absolute atomic E-state index is 0.189. The molecule has 2 unspecified atom stereocenters. The number of hydrogen-bond donors (Lipinski definition) is 2. The minimum Gasteiger partial charge on any atom is -0.461 e. The van der Waals surface area contributed by atoms with Gasteiger partial charge in [-0.15, -0.1) is 0 Å². The fourth-order valence-corrected chi connectivity index (χ4v) is 1.79. The molecule has 0 bridgehead atoms. The Labute approximate surface area is 125 Å². The maximum absolute atomic E-state index is 12.1. The summed E-state index contributed by atoms with van der Waals surface area (Å²) in [5.41, 5.74) is 0.427. The van der Waals surface area contributed by atoms with E-state index < -0.39 is 24.0 Å². The van der Waals surface area contributed by atoms with E-state index in [0.717, 1.165) is 0 Å². The van der Waals surface area contributed by atoms with Crippen molar-refractivity contribution >= 4 is 11.9 Å². The van der Waals surface area contributed by atoms with E-state index >= 15 is 0 Å². The fourth-order valence-electron chi connectivity index (χ4n) is 1.79. The number of hydrogen-bond acceptors (Lipinski definition) is 4. The van der Waals surface area contributed by atoms with Crippen molar-refractivity contribution in [3.05, 3.63) is 35.9 Å². The maximum Gasteiger partial charge on any atom is 0.331 e. The second-order valence-corrected chi connectivity index (χ2v) is 5.54. The highest BCUT2D eigenvalue weighted by Crippen LogP contribution is 2.10.